The highest BCUT2D eigenvalue weighted by Gasteiger charge is 2.28. The van der Waals surface area contributed by atoms with Crippen molar-refractivity contribution in [3.63, 3.8) is 0 Å². The first-order chi connectivity index (χ1) is 14.9. The highest BCUT2D eigenvalue weighted by Crippen LogP contribution is 2.10. The minimum atomic E-state index is -3.30. The van der Waals surface area contributed by atoms with E-state index in [2.05, 4.69) is 28.0 Å². The summed E-state index contributed by atoms with van der Waals surface area (Å²) in [7, 11) is -3.30. The molecular weight excluding hydrogens is 454 g/mol. The molecular formula is C21H33N3O6S2. The number of sulfonamides is 1. The SMILES string of the molecule is CC(C)CC(NC(=O)C(S)CCCNS(C)(=O)=O)C(=O)N[C@@H](Cc1ccccc1)C(=O)O. The average Bonchev–Trinajstić information content (AvgIpc) is 2.69. The summed E-state index contributed by atoms with van der Waals surface area (Å²) in [6.45, 7) is 3.96. The van der Waals surface area contributed by atoms with Gasteiger partial charge < -0.3 is 15.7 Å². The number of carbonyl (C=O) groups is 3. The number of aliphatic carboxylic acids is 1. The summed E-state index contributed by atoms with van der Waals surface area (Å²) in [6, 6.07) is 6.90. The Morgan fingerprint density at radius 3 is 2.16 bits per heavy atom. The molecule has 11 heteroatoms. The van der Waals surface area contributed by atoms with Crippen LogP contribution in [0.15, 0.2) is 30.3 Å². The summed E-state index contributed by atoms with van der Waals surface area (Å²) in [6.07, 6.45) is 2.19. The fraction of sp³-hybridized carbons (Fsp3) is 0.571. The van der Waals surface area contributed by atoms with Gasteiger partial charge in [0.25, 0.3) is 0 Å². The third-order valence-corrected chi connectivity index (χ3v) is 5.78. The van der Waals surface area contributed by atoms with Crippen LogP contribution in [0.25, 0.3) is 0 Å². The molecule has 0 aromatic heterocycles. The lowest BCUT2D eigenvalue weighted by atomic mass is 10.0. The van der Waals surface area contributed by atoms with Crippen LogP contribution in [0.2, 0.25) is 0 Å². The molecule has 0 saturated carbocycles. The Morgan fingerprint density at radius 2 is 1.62 bits per heavy atom. The summed E-state index contributed by atoms with van der Waals surface area (Å²) >= 11 is 4.26. The van der Waals surface area contributed by atoms with Crippen molar-refractivity contribution in [1.82, 2.24) is 15.4 Å². The predicted octanol–water partition coefficient (Wildman–Crippen LogP) is 0.957. The molecule has 0 saturated heterocycles. The summed E-state index contributed by atoms with van der Waals surface area (Å²) in [5, 5.41) is 14.0. The Balaban J connectivity index is 2.73. The first-order valence-corrected chi connectivity index (χ1v) is 12.8. The van der Waals surface area contributed by atoms with Crippen LogP contribution in [0.5, 0.6) is 0 Å². The molecule has 0 aliphatic heterocycles. The van der Waals surface area contributed by atoms with Gasteiger partial charge in [-0.3, -0.25) is 9.59 Å². The standard InChI is InChI=1S/C21H33N3O6S2/c1-14(2)12-16(23-20(26)18(31)10-7-11-22-32(3,29)30)19(25)24-17(21(27)28)13-15-8-5-4-6-9-15/h4-6,8-9,14,16-18,22,31H,7,10-13H2,1-3H3,(H,23,26)(H,24,25)(H,27,28)/t16?,17-,18?/m0/s1. The molecule has 0 fully saturated rings. The Kier molecular flexibility index (Phi) is 11.7. The fourth-order valence-corrected chi connectivity index (χ4v) is 3.75. The van der Waals surface area contributed by atoms with Crippen molar-refractivity contribution >= 4 is 40.4 Å². The molecule has 0 aliphatic carbocycles. The minimum absolute atomic E-state index is 0.0702. The van der Waals surface area contributed by atoms with Gasteiger partial charge in [-0.05, 0) is 30.7 Å². The maximum Gasteiger partial charge on any atom is 0.326 e. The first kappa shape index (κ1) is 27.9. The van der Waals surface area contributed by atoms with Crippen molar-refractivity contribution in [2.24, 2.45) is 5.92 Å². The number of carbonyl (C=O) groups excluding carboxylic acids is 2. The molecule has 1 aromatic carbocycles. The van der Waals surface area contributed by atoms with Crippen LogP contribution >= 0.6 is 12.6 Å². The van der Waals surface area contributed by atoms with Crippen molar-refractivity contribution in [3.8, 4) is 0 Å². The van der Waals surface area contributed by atoms with E-state index in [1.165, 1.54) is 0 Å². The number of amides is 2. The molecule has 32 heavy (non-hydrogen) atoms. The van der Waals surface area contributed by atoms with Gasteiger partial charge in [0.2, 0.25) is 21.8 Å². The number of carboxylic acid groups (broad SMARTS) is 1. The maximum absolute atomic E-state index is 12.8. The second-order valence-electron chi connectivity index (χ2n) is 8.10. The second-order valence-corrected chi connectivity index (χ2v) is 10.6. The Bertz CT molecular complexity index is 862. The lowest BCUT2D eigenvalue weighted by molar-refractivity contribution is -0.142. The highest BCUT2D eigenvalue weighted by atomic mass is 32.2. The van der Waals surface area contributed by atoms with E-state index in [9.17, 15) is 27.9 Å². The van der Waals surface area contributed by atoms with E-state index in [4.69, 9.17) is 0 Å². The maximum atomic E-state index is 12.8. The third kappa shape index (κ3) is 11.5. The number of benzene rings is 1. The summed E-state index contributed by atoms with van der Waals surface area (Å²) in [5.74, 6) is -2.14. The van der Waals surface area contributed by atoms with Gasteiger partial charge in [-0.25, -0.2) is 17.9 Å². The Morgan fingerprint density at radius 1 is 1.03 bits per heavy atom. The van der Waals surface area contributed by atoms with Gasteiger partial charge in [-0.15, -0.1) is 0 Å². The molecule has 0 aliphatic rings. The molecule has 2 unspecified atom stereocenters. The summed E-state index contributed by atoms with van der Waals surface area (Å²) < 4.78 is 24.5. The molecule has 180 valence electrons. The minimum Gasteiger partial charge on any atom is -0.480 e. The van der Waals surface area contributed by atoms with Gasteiger partial charge in [0.15, 0.2) is 0 Å². The van der Waals surface area contributed by atoms with E-state index in [-0.39, 0.29) is 18.9 Å². The Labute approximate surface area is 195 Å². The number of hydrogen-bond acceptors (Lipinski definition) is 6. The van der Waals surface area contributed by atoms with Gasteiger partial charge in [0, 0.05) is 13.0 Å². The number of nitrogens with one attached hydrogen (secondary N) is 3. The normalized spacial score (nSPS) is 14.4. The topological polar surface area (TPSA) is 142 Å². The molecule has 4 N–H and O–H groups in total. The lowest BCUT2D eigenvalue weighted by Gasteiger charge is -2.24. The molecule has 1 rings (SSSR count). The van der Waals surface area contributed by atoms with Crippen molar-refractivity contribution in [2.75, 3.05) is 12.8 Å². The smallest absolute Gasteiger partial charge is 0.326 e. The number of hydrogen-bond donors (Lipinski definition) is 5. The molecule has 0 heterocycles. The van der Waals surface area contributed by atoms with Crippen LogP contribution in [-0.2, 0) is 30.8 Å². The van der Waals surface area contributed by atoms with Gasteiger partial charge >= 0.3 is 5.97 Å². The number of carboxylic acids is 1. The van der Waals surface area contributed by atoms with Gasteiger partial charge in [0.1, 0.15) is 12.1 Å². The summed E-state index contributed by atoms with van der Waals surface area (Å²) in [5.41, 5.74) is 0.766. The van der Waals surface area contributed by atoms with E-state index in [1.54, 1.807) is 24.3 Å². The Hall–Kier alpha value is -2.11. The fourth-order valence-electron chi connectivity index (χ4n) is 2.98. The zero-order valence-corrected chi connectivity index (χ0v) is 20.3. The molecule has 0 bridgehead atoms. The van der Waals surface area contributed by atoms with Crippen LogP contribution in [0.3, 0.4) is 0 Å². The van der Waals surface area contributed by atoms with Crippen LogP contribution in [0.1, 0.15) is 38.7 Å². The van der Waals surface area contributed by atoms with Gasteiger partial charge in [0.05, 0.1) is 11.5 Å². The quantitative estimate of drug-likeness (QED) is 0.195. The van der Waals surface area contributed by atoms with Crippen LogP contribution in [0.4, 0.5) is 0 Å². The van der Waals surface area contributed by atoms with Crippen molar-refractivity contribution in [3.05, 3.63) is 35.9 Å². The van der Waals surface area contributed by atoms with E-state index < -0.39 is 45.1 Å². The van der Waals surface area contributed by atoms with Crippen molar-refractivity contribution in [2.45, 2.75) is 56.9 Å². The monoisotopic (exact) mass is 487 g/mol. The van der Waals surface area contributed by atoms with Crippen LogP contribution in [0, 0.1) is 5.92 Å². The zero-order valence-electron chi connectivity index (χ0n) is 18.6. The summed E-state index contributed by atoms with van der Waals surface area (Å²) in [4.78, 5) is 37.0. The van der Waals surface area contributed by atoms with Crippen LogP contribution < -0.4 is 15.4 Å². The second kappa shape index (κ2) is 13.4. The average molecular weight is 488 g/mol. The lowest BCUT2D eigenvalue weighted by Crippen LogP contribution is -2.53. The van der Waals surface area contributed by atoms with E-state index in [0.29, 0.717) is 19.3 Å². The number of thiol groups is 1. The van der Waals surface area contributed by atoms with Crippen molar-refractivity contribution in [1.29, 1.82) is 0 Å². The van der Waals surface area contributed by atoms with Gasteiger partial charge in [-0.2, -0.15) is 12.6 Å². The first-order valence-electron chi connectivity index (χ1n) is 10.4. The van der Waals surface area contributed by atoms with Crippen molar-refractivity contribution < 1.29 is 27.9 Å². The molecule has 2 amide bonds. The predicted molar refractivity (Wildman–Crippen MR) is 126 cm³/mol. The van der Waals surface area contributed by atoms with E-state index in [0.717, 1.165) is 11.8 Å². The molecule has 9 nitrogen and oxygen atoms in total. The zero-order chi connectivity index (χ0) is 24.3. The molecule has 1 aromatic rings. The molecule has 0 radical (unpaired) electrons. The molecule has 0 spiro atoms. The highest BCUT2D eigenvalue weighted by molar-refractivity contribution is 7.88. The van der Waals surface area contributed by atoms with E-state index in [1.807, 2.05) is 19.9 Å². The molecule has 3 atom stereocenters. The third-order valence-electron chi connectivity index (χ3n) is 4.56. The number of rotatable bonds is 14. The van der Waals surface area contributed by atoms with Gasteiger partial charge in [-0.1, -0.05) is 44.2 Å². The van der Waals surface area contributed by atoms with Crippen LogP contribution in [-0.4, -0.2) is 61.4 Å². The van der Waals surface area contributed by atoms with E-state index >= 15 is 0 Å². The largest absolute Gasteiger partial charge is 0.480 e.